The van der Waals surface area contributed by atoms with Gasteiger partial charge in [0.25, 0.3) is 11.5 Å². The molecule has 2 aromatic rings. The van der Waals surface area contributed by atoms with E-state index < -0.39 is 17.6 Å². The molecule has 1 amide bonds. The molecular weight excluding hydrogens is 481 g/mol. The number of pyridine rings is 1. The Kier molecular flexibility index (Phi) is 7.56. The molecule has 1 saturated heterocycles. The fourth-order valence-corrected chi connectivity index (χ4v) is 5.00. The lowest BCUT2D eigenvalue weighted by Crippen LogP contribution is -2.61. The predicted octanol–water partition coefficient (Wildman–Crippen LogP) is 4.22. The van der Waals surface area contributed by atoms with E-state index in [-0.39, 0.29) is 29.8 Å². The Morgan fingerprint density at radius 2 is 1.77 bits per heavy atom. The monoisotopic (exact) mass is 508 g/mol. The lowest BCUT2D eigenvalue weighted by atomic mass is 9.87. The summed E-state index contributed by atoms with van der Waals surface area (Å²) in [6, 6.07) is 8.31. The van der Waals surface area contributed by atoms with Gasteiger partial charge in [-0.1, -0.05) is 24.2 Å². The van der Waals surface area contributed by atoms with Crippen molar-refractivity contribution < 1.29 is 18.0 Å². The van der Waals surface area contributed by atoms with Gasteiger partial charge < -0.3 is 15.2 Å². The lowest BCUT2D eigenvalue weighted by Gasteiger charge is -2.47. The van der Waals surface area contributed by atoms with Gasteiger partial charge in [0.05, 0.1) is 23.2 Å². The van der Waals surface area contributed by atoms with Crippen LogP contribution in [0.4, 0.5) is 13.2 Å². The van der Waals surface area contributed by atoms with Crippen LogP contribution < -0.4 is 16.2 Å². The number of rotatable bonds is 7. The van der Waals surface area contributed by atoms with Crippen LogP contribution in [0.5, 0.6) is 0 Å². The topological polar surface area (TPSA) is 66.4 Å². The maximum Gasteiger partial charge on any atom is 0.416 e. The number of amides is 1. The van der Waals surface area contributed by atoms with Crippen LogP contribution in [0.1, 0.15) is 47.6 Å². The molecule has 2 heterocycles. The molecule has 0 radical (unpaired) electrons. The largest absolute Gasteiger partial charge is 0.416 e. The summed E-state index contributed by atoms with van der Waals surface area (Å²) in [5, 5.41) is 6.46. The van der Waals surface area contributed by atoms with E-state index in [1.807, 2.05) is 0 Å². The Hall–Kier alpha value is -2.78. The smallest absolute Gasteiger partial charge is 0.382 e. The van der Waals surface area contributed by atoms with Crippen molar-refractivity contribution in [2.45, 2.75) is 50.0 Å². The number of carbonyl (C=O) groups excluding carboxylic acids is 1. The standard InChI is InChI=1S/C25H28ClF3N4O2/c1-16(12-30-24(35)17-3-2-4-18(11-17)25(27,28)29)31-20-14-32(15-20)21-6-8-22(9-7-21)33-13-19(26)5-10-23(33)34/h2-5,10-11,13,20-22,31H,1,6-9,12,14-15H2,(H,30,35)/t21-,22+. The number of likely N-dealkylation sites (tertiary alicyclic amines) is 1. The maximum absolute atomic E-state index is 12.8. The van der Waals surface area contributed by atoms with Gasteiger partial charge in [-0.3, -0.25) is 14.5 Å². The molecule has 2 N–H and O–H groups in total. The number of nitrogens with zero attached hydrogens (tertiary/aromatic N) is 2. The van der Waals surface area contributed by atoms with E-state index in [1.165, 1.54) is 18.2 Å². The minimum atomic E-state index is -4.50. The van der Waals surface area contributed by atoms with Gasteiger partial charge in [0, 0.05) is 48.7 Å². The molecule has 0 atom stereocenters. The van der Waals surface area contributed by atoms with Crippen molar-refractivity contribution in [1.82, 2.24) is 20.1 Å². The van der Waals surface area contributed by atoms with Crippen molar-refractivity contribution in [1.29, 1.82) is 0 Å². The van der Waals surface area contributed by atoms with Crippen LogP contribution >= 0.6 is 11.6 Å². The summed E-state index contributed by atoms with van der Waals surface area (Å²) in [5.41, 5.74) is -0.313. The average molecular weight is 509 g/mol. The van der Waals surface area contributed by atoms with Crippen LogP contribution in [0, 0.1) is 0 Å². The summed E-state index contributed by atoms with van der Waals surface area (Å²) < 4.78 is 40.3. The van der Waals surface area contributed by atoms with E-state index in [0.717, 1.165) is 50.9 Å². The van der Waals surface area contributed by atoms with Gasteiger partial charge >= 0.3 is 6.18 Å². The highest BCUT2D eigenvalue weighted by molar-refractivity contribution is 6.30. The molecule has 1 aliphatic carbocycles. The minimum absolute atomic E-state index is 0.0234. The Balaban J connectivity index is 1.17. The van der Waals surface area contributed by atoms with Crippen LogP contribution in [0.2, 0.25) is 5.02 Å². The molecule has 6 nitrogen and oxygen atoms in total. The summed E-state index contributed by atoms with van der Waals surface area (Å²) in [6.45, 7) is 5.77. The second-order valence-corrected chi connectivity index (χ2v) is 9.65. The zero-order chi connectivity index (χ0) is 25.2. The summed E-state index contributed by atoms with van der Waals surface area (Å²) in [5.74, 6) is -0.579. The highest BCUT2D eigenvalue weighted by Crippen LogP contribution is 2.33. The molecule has 1 aromatic carbocycles. The third-order valence-electron chi connectivity index (χ3n) is 6.71. The van der Waals surface area contributed by atoms with E-state index in [9.17, 15) is 22.8 Å². The van der Waals surface area contributed by atoms with Crippen molar-refractivity contribution in [3.63, 3.8) is 0 Å². The number of hydrogen-bond acceptors (Lipinski definition) is 4. The molecule has 1 aliphatic heterocycles. The Bertz CT molecular complexity index is 1140. The predicted molar refractivity (Wildman–Crippen MR) is 128 cm³/mol. The molecule has 2 fully saturated rings. The molecule has 10 heteroatoms. The van der Waals surface area contributed by atoms with E-state index in [1.54, 1.807) is 16.8 Å². The zero-order valence-electron chi connectivity index (χ0n) is 19.2. The minimum Gasteiger partial charge on any atom is -0.382 e. The van der Waals surface area contributed by atoms with Gasteiger partial charge in [-0.2, -0.15) is 13.2 Å². The fourth-order valence-electron chi connectivity index (χ4n) is 4.83. The van der Waals surface area contributed by atoms with E-state index >= 15 is 0 Å². The van der Waals surface area contributed by atoms with Gasteiger partial charge in [0.1, 0.15) is 0 Å². The molecule has 35 heavy (non-hydrogen) atoms. The summed E-state index contributed by atoms with van der Waals surface area (Å²) >= 11 is 6.05. The normalized spacial score (nSPS) is 21.3. The van der Waals surface area contributed by atoms with Crippen molar-refractivity contribution in [3.8, 4) is 0 Å². The van der Waals surface area contributed by atoms with E-state index in [4.69, 9.17) is 11.6 Å². The Morgan fingerprint density at radius 1 is 1.09 bits per heavy atom. The van der Waals surface area contributed by atoms with Gasteiger partial charge in [-0.15, -0.1) is 0 Å². The first-order valence-corrected chi connectivity index (χ1v) is 12.0. The second-order valence-electron chi connectivity index (χ2n) is 9.22. The highest BCUT2D eigenvalue weighted by Gasteiger charge is 2.35. The Morgan fingerprint density at radius 3 is 2.46 bits per heavy atom. The van der Waals surface area contributed by atoms with Crippen molar-refractivity contribution in [3.05, 3.63) is 81.4 Å². The Labute approximate surface area is 206 Å². The lowest BCUT2D eigenvalue weighted by molar-refractivity contribution is -0.137. The van der Waals surface area contributed by atoms with Gasteiger partial charge in [-0.05, 0) is 49.9 Å². The van der Waals surface area contributed by atoms with Crippen LogP contribution in [0.15, 0.2) is 59.7 Å². The molecule has 188 valence electrons. The van der Waals surface area contributed by atoms with Crippen molar-refractivity contribution in [2.24, 2.45) is 0 Å². The summed E-state index contributed by atoms with van der Waals surface area (Å²) in [7, 11) is 0. The number of alkyl halides is 3. The third-order valence-corrected chi connectivity index (χ3v) is 6.93. The number of carbonyl (C=O) groups is 1. The van der Waals surface area contributed by atoms with Crippen molar-refractivity contribution in [2.75, 3.05) is 19.6 Å². The van der Waals surface area contributed by atoms with Crippen LogP contribution in [0.25, 0.3) is 0 Å². The number of hydrogen-bond donors (Lipinski definition) is 2. The molecule has 0 spiro atoms. The van der Waals surface area contributed by atoms with Crippen molar-refractivity contribution >= 4 is 17.5 Å². The SMILES string of the molecule is C=C(CNC(=O)c1cccc(C(F)(F)F)c1)NC1CN([C@H]2CC[C@@H](n3cc(Cl)ccc3=O)CC2)C1. The van der Waals surface area contributed by atoms with Gasteiger partial charge in [-0.25, -0.2) is 0 Å². The summed E-state index contributed by atoms with van der Waals surface area (Å²) in [4.78, 5) is 26.8. The summed E-state index contributed by atoms with van der Waals surface area (Å²) in [6.07, 6.45) is 1.08. The van der Waals surface area contributed by atoms with Crippen LogP contribution in [-0.4, -0.2) is 47.1 Å². The number of halogens is 4. The highest BCUT2D eigenvalue weighted by atomic mass is 35.5. The first-order chi connectivity index (χ1) is 16.6. The first kappa shape index (κ1) is 25.3. The second kappa shape index (κ2) is 10.5. The zero-order valence-corrected chi connectivity index (χ0v) is 19.9. The fraction of sp³-hybridized carbons (Fsp3) is 0.440. The van der Waals surface area contributed by atoms with E-state index in [0.29, 0.717) is 16.8 Å². The quantitative estimate of drug-likeness (QED) is 0.587. The maximum atomic E-state index is 12.8. The number of nitrogens with one attached hydrogen (secondary N) is 2. The molecule has 4 rings (SSSR count). The van der Waals surface area contributed by atoms with Crippen LogP contribution in [0.3, 0.4) is 0 Å². The molecule has 0 unspecified atom stereocenters. The van der Waals surface area contributed by atoms with Crippen LogP contribution in [-0.2, 0) is 6.18 Å². The number of aromatic nitrogens is 1. The molecular formula is C25H28ClF3N4O2. The van der Waals surface area contributed by atoms with Gasteiger partial charge in [0.2, 0.25) is 0 Å². The van der Waals surface area contributed by atoms with E-state index in [2.05, 4.69) is 22.1 Å². The molecule has 0 bridgehead atoms. The molecule has 1 aromatic heterocycles. The number of benzene rings is 1. The molecule has 1 saturated carbocycles. The first-order valence-electron chi connectivity index (χ1n) is 11.6. The molecule has 2 aliphatic rings. The van der Waals surface area contributed by atoms with Gasteiger partial charge in [0.15, 0.2) is 0 Å². The third kappa shape index (κ3) is 6.27. The average Bonchev–Trinajstić information content (AvgIpc) is 2.81.